The summed E-state index contributed by atoms with van der Waals surface area (Å²) in [6, 6.07) is 15.7. The minimum absolute atomic E-state index is 0.425. The van der Waals surface area contributed by atoms with Crippen molar-refractivity contribution < 1.29 is 14.6 Å². The van der Waals surface area contributed by atoms with Crippen molar-refractivity contribution in [2.45, 2.75) is 24.9 Å². The summed E-state index contributed by atoms with van der Waals surface area (Å²) in [4.78, 5) is 0. The number of hydrogen-bond acceptors (Lipinski definition) is 3. The lowest BCUT2D eigenvalue weighted by atomic mass is 9.87. The molecule has 0 bridgehead atoms. The Kier molecular flexibility index (Phi) is 2.22. The Morgan fingerprint density at radius 2 is 1.74 bits per heavy atom. The highest BCUT2D eigenvalue weighted by atomic mass is 16.7. The largest absolute Gasteiger partial charge is 0.480 e. The molecule has 1 N–H and O–H groups in total. The average molecular weight is 254 g/mol. The van der Waals surface area contributed by atoms with Gasteiger partial charge in [0, 0.05) is 12.0 Å². The third-order valence-corrected chi connectivity index (χ3v) is 3.89. The van der Waals surface area contributed by atoms with E-state index in [1.165, 1.54) is 0 Å². The van der Waals surface area contributed by atoms with E-state index in [9.17, 15) is 5.11 Å². The summed E-state index contributed by atoms with van der Waals surface area (Å²) in [5.41, 5.74) is 3.09. The van der Waals surface area contributed by atoms with Gasteiger partial charge in [-0.25, -0.2) is 0 Å². The molecule has 3 heteroatoms. The summed E-state index contributed by atoms with van der Waals surface area (Å²) in [7, 11) is 0. The van der Waals surface area contributed by atoms with Crippen molar-refractivity contribution in [1.82, 2.24) is 0 Å². The number of fused-ring (bicyclic) bond motifs is 4. The Labute approximate surface area is 111 Å². The Morgan fingerprint density at radius 1 is 1.00 bits per heavy atom. The van der Waals surface area contributed by atoms with E-state index in [4.69, 9.17) is 9.47 Å². The quantitative estimate of drug-likeness (QED) is 0.785. The number of aliphatic hydroxyl groups is 1. The molecule has 4 rings (SSSR count). The van der Waals surface area contributed by atoms with E-state index in [0.29, 0.717) is 13.0 Å². The van der Waals surface area contributed by atoms with Gasteiger partial charge >= 0.3 is 0 Å². The summed E-state index contributed by atoms with van der Waals surface area (Å²) in [6.07, 6.45) is 0.00896. The third kappa shape index (κ3) is 1.59. The zero-order chi connectivity index (χ0) is 12.9. The predicted molar refractivity (Wildman–Crippen MR) is 69.7 cm³/mol. The molecular weight excluding hydrogens is 240 g/mol. The molecule has 2 heterocycles. The van der Waals surface area contributed by atoms with E-state index >= 15 is 0 Å². The second-order valence-corrected chi connectivity index (χ2v) is 5.11. The summed E-state index contributed by atoms with van der Waals surface area (Å²) < 4.78 is 11.7. The summed E-state index contributed by atoms with van der Waals surface area (Å²) in [6.45, 7) is 0.425. The Bertz CT molecular complexity index is 637. The van der Waals surface area contributed by atoms with Gasteiger partial charge in [-0.3, -0.25) is 0 Å². The second kappa shape index (κ2) is 3.83. The summed E-state index contributed by atoms with van der Waals surface area (Å²) >= 11 is 0. The number of rotatable bonds is 0. The van der Waals surface area contributed by atoms with Crippen LogP contribution in [0.1, 0.15) is 22.8 Å². The minimum atomic E-state index is -1.26. The van der Waals surface area contributed by atoms with Crippen LogP contribution in [0.25, 0.3) is 0 Å². The molecule has 2 aromatic rings. The molecule has 0 aromatic heterocycles. The van der Waals surface area contributed by atoms with Gasteiger partial charge in [0.1, 0.15) is 5.75 Å². The molecule has 0 saturated heterocycles. The van der Waals surface area contributed by atoms with E-state index in [2.05, 4.69) is 0 Å². The highest BCUT2D eigenvalue weighted by Crippen LogP contribution is 2.45. The number of ether oxygens (including phenoxy) is 2. The van der Waals surface area contributed by atoms with Crippen molar-refractivity contribution in [3.8, 4) is 5.75 Å². The normalized spacial score (nSPS) is 27.7. The van der Waals surface area contributed by atoms with Gasteiger partial charge in [0.25, 0.3) is 0 Å². The predicted octanol–water partition coefficient (Wildman–Crippen LogP) is 2.58. The lowest BCUT2D eigenvalue weighted by Crippen LogP contribution is -2.49. The van der Waals surface area contributed by atoms with Crippen molar-refractivity contribution in [2.75, 3.05) is 0 Å². The van der Waals surface area contributed by atoms with Crippen molar-refractivity contribution in [3.63, 3.8) is 0 Å². The number of hydrogen-bond donors (Lipinski definition) is 1. The molecule has 19 heavy (non-hydrogen) atoms. The monoisotopic (exact) mass is 254 g/mol. The van der Waals surface area contributed by atoms with Crippen LogP contribution in [0, 0.1) is 0 Å². The molecule has 0 saturated carbocycles. The van der Waals surface area contributed by atoms with Gasteiger partial charge < -0.3 is 14.6 Å². The molecule has 0 amide bonds. The van der Waals surface area contributed by atoms with Gasteiger partial charge in [0.15, 0.2) is 6.10 Å². The summed E-state index contributed by atoms with van der Waals surface area (Å²) in [5, 5.41) is 10.7. The first-order valence-electron chi connectivity index (χ1n) is 6.45. The van der Waals surface area contributed by atoms with Gasteiger partial charge in [-0.15, -0.1) is 0 Å². The van der Waals surface area contributed by atoms with Crippen LogP contribution in [0.2, 0.25) is 0 Å². The molecule has 0 aliphatic carbocycles. The van der Waals surface area contributed by atoms with Gasteiger partial charge in [-0.1, -0.05) is 42.5 Å². The van der Waals surface area contributed by atoms with Crippen LogP contribution < -0.4 is 4.74 Å². The smallest absolute Gasteiger partial charge is 0.212 e. The second-order valence-electron chi connectivity index (χ2n) is 5.11. The van der Waals surface area contributed by atoms with Crippen molar-refractivity contribution in [1.29, 1.82) is 0 Å². The van der Waals surface area contributed by atoms with E-state index in [1.807, 2.05) is 48.5 Å². The maximum atomic E-state index is 10.7. The van der Waals surface area contributed by atoms with Crippen molar-refractivity contribution >= 4 is 0 Å². The molecule has 2 atom stereocenters. The zero-order valence-electron chi connectivity index (χ0n) is 10.4. The van der Waals surface area contributed by atoms with Gasteiger partial charge in [0.05, 0.1) is 6.61 Å². The van der Waals surface area contributed by atoms with Crippen molar-refractivity contribution in [3.05, 3.63) is 65.2 Å². The zero-order valence-corrected chi connectivity index (χ0v) is 10.4. The van der Waals surface area contributed by atoms with E-state index in [-0.39, 0.29) is 0 Å². The minimum Gasteiger partial charge on any atom is -0.480 e. The molecule has 3 nitrogen and oxygen atoms in total. The molecule has 0 radical (unpaired) electrons. The fourth-order valence-electron chi connectivity index (χ4n) is 2.91. The molecule has 0 spiro atoms. The molecule has 96 valence electrons. The Morgan fingerprint density at radius 3 is 2.63 bits per heavy atom. The first-order valence-corrected chi connectivity index (χ1v) is 6.45. The number of benzene rings is 2. The lowest BCUT2D eigenvalue weighted by molar-refractivity contribution is -0.273. The maximum Gasteiger partial charge on any atom is 0.212 e. The third-order valence-electron chi connectivity index (χ3n) is 3.89. The van der Waals surface area contributed by atoms with Gasteiger partial charge in [-0.05, 0) is 17.2 Å². The van der Waals surface area contributed by atoms with E-state index in [0.717, 1.165) is 22.4 Å². The van der Waals surface area contributed by atoms with Gasteiger partial charge in [-0.2, -0.15) is 0 Å². The summed E-state index contributed by atoms with van der Waals surface area (Å²) in [5.74, 6) is -0.430. The van der Waals surface area contributed by atoms with Crippen LogP contribution in [0.4, 0.5) is 0 Å². The van der Waals surface area contributed by atoms with Crippen LogP contribution in [-0.4, -0.2) is 10.9 Å². The Balaban J connectivity index is 1.85. The highest BCUT2D eigenvalue weighted by Gasteiger charge is 2.48. The van der Waals surface area contributed by atoms with Crippen LogP contribution in [0.15, 0.2) is 48.5 Å². The van der Waals surface area contributed by atoms with Crippen LogP contribution in [0.3, 0.4) is 0 Å². The first kappa shape index (κ1) is 11.0. The number of para-hydroxylation sites is 1. The standard InChI is InChI=1S/C16H14O3/c17-16-9-11-5-2-4-8-14(11)19-15(16)13-7-3-1-6-12(13)10-18-16/h1-8,15,17H,9-10H2. The first-order chi connectivity index (χ1) is 9.26. The molecule has 2 unspecified atom stereocenters. The fourth-order valence-corrected chi connectivity index (χ4v) is 2.91. The molecular formula is C16H14O3. The highest BCUT2D eigenvalue weighted by molar-refractivity contribution is 5.41. The topological polar surface area (TPSA) is 38.7 Å². The Hall–Kier alpha value is -1.84. The van der Waals surface area contributed by atoms with Crippen LogP contribution in [0.5, 0.6) is 5.75 Å². The van der Waals surface area contributed by atoms with Gasteiger partial charge in [0.2, 0.25) is 5.79 Å². The molecule has 2 aromatic carbocycles. The van der Waals surface area contributed by atoms with Crippen molar-refractivity contribution in [2.24, 2.45) is 0 Å². The van der Waals surface area contributed by atoms with Crippen LogP contribution in [-0.2, 0) is 17.8 Å². The van der Waals surface area contributed by atoms with E-state index in [1.54, 1.807) is 0 Å². The molecule has 2 aliphatic rings. The maximum absolute atomic E-state index is 10.7. The lowest BCUT2D eigenvalue weighted by Gasteiger charge is -2.44. The average Bonchev–Trinajstić information content (AvgIpc) is 2.45. The SMILES string of the molecule is OC12Cc3ccccc3OC1c1ccccc1CO2. The molecule has 2 aliphatic heterocycles. The molecule has 0 fully saturated rings. The fraction of sp³-hybridized carbons (Fsp3) is 0.250. The van der Waals surface area contributed by atoms with E-state index < -0.39 is 11.9 Å². The van der Waals surface area contributed by atoms with Crippen LogP contribution >= 0.6 is 0 Å².